The quantitative estimate of drug-likeness (QED) is 0.701. The second kappa shape index (κ2) is 9.19. The molecule has 1 N–H and O–H groups in total. The van der Waals surface area contributed by atoms with Crippen LogP contribution in [0, 0.1) is 18.3 Å². The number of sulfonamides is 1. The first-order valence-corrected chi connectivity index (χ1v) is 10.6. The largest absolute Gasteiger partial charge is 0.307 e. The predicted molar refractivity (Wildman–Crippen MR) is 107 cm³/mol. The number of carbonyl (C=O) groups excluding carboxylic acids is 1. The molecule has 2 rings (SSSR count). The van der Waals surface area contributed by atoms with E-state index >= 15 is 0 Å². The van der Waals surface area contributed by atoms with E-state index in [0.29, 0.717) is 31.1 Å². The van der Waals surface area contributed by atoms with Crippen LogP contribution in [0.1, 0.15) is 36.3 Å². The number of aromatic nitrogens is 2. The van der Waals surface area contributed by atoms with Gasteiger partial charge in [0.1, 0.15) is 5.82 Å². The summed E-state index contributed by atoms with van der Waals surface area (Å²) >= 11 is 6.15. The molecule has 150 valence electrons. The zero-order chi connectivity index (χ0) is 20.9. The third kappa shape index (κ3) is 4.70. The van der Waals surface area contributed by atoms with Gasteiger partial charge in [0.2, 0.25) is 10.0 Å². The summed E-state index contributed by atoms with van der Waals surface area (Å²) in [4.78, 5) is 12.7. The number of aryl methyl sites for hydroxylation is 2. The molecule has 0 atom stereocenters. The topological polar surface area (TPSA) is 108 Å². The van der Waals surface area contributed by atoms with Gasteiger partial charge in [0.25, 0.3) is 5.91 Å². The lowest BCUT2D eigenvalue weighted by atomic mass is 10.2. The van der Waals surface area contributed by atoms with E-state index in [1.54, 1.807) is 26.8 Å². The molecule has 1 amide bonds. The molecule has 0 saturated heterocycles. The summed E-state index contributed by atoms with van der Waals surface area (Å²) in [5.41, 5.74) is 0.720. The number of hydrogen-bond donors (Lipinski definition) is 1. The van der Waals surface area contributed by atoms with E-state index < -0.39 is 15.9 Å². The standard InChI is InChI=1S/C18H22ClN5O3S/c1-4-23(5-2)28(26,27)14-7-8-16(19)15(12-14)18(25)21-17-11-13(3)22-24(17)10-6-9-20/h7-8,11-12H,4-6,10H2,1-3H3,(H,21,25). The van der Waals surface area contributed by atoms with E-state index in [-0.39, 0.29) is 21.9 Å². The van der Waals surface area contributed by atoms with Crippen molar-refractivity contribution >= 4 is 33.3 Å². The summed E-state index contributed by atoms with van der Waals surface area (Å²) in [5, 5.41) is 15.8. The van der Waals surface area contributed by atoms with Gasteiger partial charge in [-0.3, -0.25) is 4.79 Å². The van der Waals surface area contributed by atoms with Crippen molar-refractivity contribution in [3.8, 4) is 6.07 Å². The molecule has 1 aromatic heterocycles. The lowest BCUT2D eigenvalue weighted by molar-refractivity contribution is 0.102. The summed E-state index contributed by atoms with van der Waals surface area (Å²) in [6.45, 7) is 6.22. The van der Waals surface area contributed by atoms with Crippen molar-refractivity contribution in [2.75, 3.05) is 18.4 Å². The van der Waals surface area contributed by atoms with Gasteiger partial charge in [-0.2, -0.15) is 14.7 Å². The molecular weight excluding hydrogens is 402 g/mol. The van der Waals surface area contributed by atoms with E-state index in [0.717, 1.165) is 0 Å². The van der Waals surface area contributed by atoms with Crippen LogP contribution in [0.3, 0.4) is 0 Å². The summed E-state index contributed by atoms with van der Waals surface area (Å²) in [6.07, 6.45) is 0.238. The van der Waals surface area contributed by atoms with Crippen LogP contribution in [0.4, 0.5) is 5.82 Å². The molecule has 28 heavy (non-hydrogen) atoms. The molecule has 0 fully saturated rings. The lowest BCUT2D eigenvalue weighted by Crippen LogP contribution is -2.30. The Morgan fingerprint density at radius 3 is 2.61 bits per heavy atom. The third-order valence-corrected chi connectivity index (χ3v) is 6.48. The number of amides is 1. The fourth-order valence-electron chi connectivity index (χ4n) is 2.71. The first-order valence-electron chi connectivity index (χ1n) is 8.77. The Bertz CT molecular complexity index is 1010. The van der Waals surface area contributed by atoms with E-state index in [4.69, 9.17) is 16.9 Å². The Balaban J connectivity index is 2.36. The van der Waals surface area contributed by atoms with Gasteiger partial charge < -0.3 is 5.32 Å². The minimum absolute atomic E-state index is 0.0000753. The summed E-state index contributed by atoms with van der Waals surface area (Å²) in [7, 11) is -3.72. The molecule has 10 heteroatoms. The van der Waals surface area contributed by atoms with Gasteiger partial charge in [-0.1, -0.05) is 25.4 Å². The highest BCUT2D eigenvalue weighted by atomic mass is 35.5. The molecular formula is C18H22ClN5O3S. The van der Waals surface area contributed by atoms with Gasteiger partial charge in [-0.25, -0.2) is 13.1 Å². The average Bonchev–Trinajstić information content (AvgIpc) is 2.99. The van der Waals surface area contributed by atoms with Crippen molar-refractivity contribution in [3.05, 3.63) is 40.5 Å². The Morgan fingerprint density at radius 2 is 2.00 bits per heavy atom. The monoisotopic (exact) mass is 423 g/mol. The van der Waals surface area contributed by atoms with Crippen LogP contribution in [0.5, 0.6) is 0 Å². The normalized spacial score (nSPS) is 11.4. The molecule has 1 heterocycles. The zero-order valence-corrected chi connectivity index (χ0v) is 17.5. The number of benzene rings is 1. The summed E-state index contributed by atoms with van der Waals surface area (Å²) < 4.78 is 28.3. The molecule has 0 aliphatic heterocycles. The second-order valence-electron chi connectivity index (χ2n) is 5.99. The number of nitrogens with one attached hydrogen (secondary N) is 1. The number of nitrogens with zero attached hydrogens (tertiary/aromatic N) is 4. The van der Waals surface area contributed by atoms with Crippen LogP contribution in [-0.2, 0) is 16.6 Å². The molecule has 0 unspecified atom stereocenters. The minimum atomic E-state index is -3.72. The lowest BCUT2D eigenvalue weighted by Gasteiger charge is -2.19. The van der Waals surface area contributed by atoms with Crippen LogP contribution >= 0.6 is 11.6 Å². The third-order valence-electron chi connectivity index (χ3n) is 4.10. The molecule has 0 spiro atoms. The molecule has 0 radical (unpaired) electrons. The Hall–Kier alpha value is -2.41. The SMILES string of the molecule is CCN(CC)S(=O)(=O)c1ccc(Cl)c(C(=O)Nc2cc(C)nn2CCC#N)c1. The smallest absolute Gasteiger partial charge is 0.258 e. The van der Waals surface area contributed by atoms with Gasteiger partial charge in [0, 0.05) is 19.2 Å². The number of anilines is 1. The highest BCUT2D eigenvalue weighted by Crippen LogP contribution is 2.24. The maximum absolute atomic E-state index is 12.7. The van der Waals surface area contributed by atoms with Crippen molar-refractivity contribution < 1.29 is 13.2 Å². The molecule has 0 aliphatic rings. The predicted octanol–water partition coefficient (Wildman–Crippen LogP) is 3.04. The Morgan fingerprint density at radius 1 is 1.32 bits per heavy atom. The van der Waals surface area contributed by atoms with Gasteiger partial charge >= 0.3 is 0 Å². The van der Waals surface area contributed by atoms with E-state index in [2.05, 4.69) is 10.4 Å². The van der Waals surface area contributed by atoms with Crippen LogP contribution in [0.15, 0.2) is 29.2 Å². The van der Waals surface area contributed by atoms with Crippen molar-refractivity contribution in [2.24, 2.45) is 0 Å². The second-order valence-corrected chi connectivity index (χ2v) is 8.33. The van der Waals surface area contributed by atoms with Gasteiger partial charge in [0.15, 0.2) is 0 Å². The highest BCUT2D eigenvalue weighted by molar-refractivity contribution is 7.89. The molecule has 0 aliphatic carbocycles. The van der Waals surface area contributed by atoms with Crippen molar-refractivity contribution in [2.45, 2.75) is 38.6 Å². The van der Waals surface area contributed by atoms with Crippen molar-refractivity contribution in [1.82, 2.24) is 14.1 Å². The van der Waals surface area contributed by atoms with Crippen molar-refractivity contribution in [3.63, 3.8) is 0 Å². The van der Waals surface area contributed by atoms with Gasteiger partial charge in [-0.15, -0.1) is 0 Å². The highest BCUT2D eigenvalue weighted by Gasteiger charge is 2.24. The Labute approximate surface area is 169 Å². The number of halogens is 1. The van der Waals surface area contributed by atoms with E-state index in [1.165, 1.54) is 27.2 Å². The fraction of sp³-hybridized carbons (Fsp3) is 0.389. The van der Waals surface area contributed by atoms with Crippen molar-refractivity contribution in [1.29, 1.82) is 5.26 Å². The fourth-order valence-corrected chi connectivity index (χ4v) is 4.40. The van der Waals surface area contributed by atoms with E-state index in [9.17, 15) is 13.2 Å². The van der Waals surface area contributed by atoms with Crippen LogP contribution in [0.25, 0.3) is 0 Å². The van der Waals surface area contributed by atoms with Gasteiger partial charge in [-0.05, 0) is 25.1 Å². The van der Waals surface area contributed by atoms with Crippen LogP contribution in [0.2, 0.25) is 5.02 Å². The molecule has 1 aromatic carbocycles. The van der Waals surface area contributed by atoms with Crippen LogP contribution < -0.4 is 5.32 Å². The van der Waals surface area contributed by atoms with E-state index in [1.807, 2.05) is 6.07 Å². The molecule has 0 saturated carbocycles. The molecule has 2 aromatic rings. The maximum Gasteiger partial charge on any atom is 0.258 e. The summed E-state index contributed by atoms with van der Waals surface area (Å²) in [5.74, 6) is -0.148. The average molecular weight is 424 g/mol. The molecule has 8 nitrogen and oxygen atoms in total. The minimum Gasteiger partial charge on any atom is -0.307 e. The number of hydrogen-bond acceptors (Lipinski definition) is 5. The first kappa shape index (κ1) is 21.9. The Kier molecular flexibility index (Phi) is 7.18. The number of carbonyl (C=O) groups is 1. The molecule has 0 bridgehead atoms. The van der Waals surface area contributed by atoms with Gasteiger partial charge in [0.05, 0.1) is 40.2 Å². The van der Waals surface area contributed by atoms with Crippen LogP contribution in [-0.4, -0.2) is 41.5 Å². The maximum atomic E-state index is 12.7. The summed E-state index contributed by atoms with van der Waals surface area (Å²) in [6, 6.07) is 7.74. The first-order chi connectivity index (χ1) is 13.2. The number of rotatable bonds is 8. The number of nitriles is 1. The zero-order valence-electron chi connectivity index (χ0n) is 15.9.